The van der Waals surface area contributed by atoms with Gasteiger partial charge in [0.15, 0.2) is 11.5 Å². The Hall–Kier alpha value is -4.82. The van der Waals surface area contributed by atoms with Crippen molar-refractivity contribution in [2.45, 2.75) is 44.7 Å². The van der Waals surface area contributed by atoms with E-state index in [1.807, 2.05) is 4.68 Å². The zero-order valence-electron chi connectivity index (χ0n) is 26.1. The average Bonchev–Trinajstić information content (AvgIpc) is 3.45. The molecule has 0 atom stereocenters. The molecule has 14 heteroatoms. The van der Waals surface area contributed by atoms with Gasteiger partial charge in [0.25, 0.3) is 0 Å². The topological polar surface area (TPSA) is 144 Å². The number of nitrogen functional groups attached to an aromatic ring is 1. The summed E-state index contributed by atoms with van der Waals surface area (Å²) in [5.41, 5.74) is 7.86. The number of aromatic nitrogens is 4. The number of anilines is 3. The van der Waals surface area contributed by atoms with Gasteiger partial charge in [-0.3, -0.25) is 4.90 Å². The van der Waals surface area contributed by atoms with Crippen molar-refractivity contribution < 1.29 is 23.6 Å². The number of methoxy groups -OCH3 is 1. The molecule has 2 aromatic carbocycles. The quantitative estimate of drug-likeness (QED) is 0.293. The second-order valence-electron chi connectivity index (χ2n) is 11.8. The number of benzene rings is 2. The molecule has 2 aromatic heterocycles. The lowest BCUT2D eigenvalue weighted by Crippen LogP contribution is -2.49. The van der Waals surface area contributed by atoms with Crippen molar-refractivity contribution in [3.8, 4) is 17.0 Å². The zero-order chi connectivity index (χ0) is 32.4. The number of hydroxylamine groups is 1. The summed E-state index contributed by atoms with van der Waals surface area (Å²) in [5.74, 6) is -0.877. The molecule has 0 bridgehead atoms. The van der Waals surface area contributed by atoms with Crippen LogP contribution in [0, 0.1) is 5.82 Å². The number of amides is 2. The number of nitrogens with two attached hydrogens (primary N) is 1. The Balaban J connectivity index is 1.27. The third-order valence-electron chi connectivity index (χ3n) is 8.75. The van der Waals surface area contributed by atoms with Crippen molar-refractivity contribution >= 4 is 40.2 Å². The molecule has 6 rings (SSSR count). The maximum Gasteiger partial charge on any atom is 0.360 e. The number of fused-ring (bicyclic) bond motifs is 1. The van der Waals surface area contributed by atoms with Gasteiger partial charge in [0, 0.05) is 56.5 Å². The molecular weight excluding hydrogens is 593 g/mol. The fourth-order valence-electron chi connectivity index (χ4n) is 6.33. The molecule has 1 aliphatic carbocycles. The monoisotopic (exact) mass is 631 g/mol. The van der Waals surface area contributed by atoms with Crippen LogP contribution in [0.5, 0.6) is 5.75 Å². The number of hydrogen-bond acceptors (Lipinski definition) is 10. The zero-order valence-corrected chi connectivity index (χ0v) is 26.1. The van der Waals surface area contributed by atoms with Gasteiger partial charge in [-0.15, -0.1) is 5.06 Å². The van der Waals surface area contributed by atoms with Crippen molar-refractivity contribution in [2.24, 2.45) is 0 Å². The highest BCUT2D eigenvalue weighted by molar-refractivity contribution is 6.02. The first-order valence-electron chi connectivity index (χ1n) is 15.4. The molecule has 1 saturated heterocycles. The van der Waals surface area contributed by atoms with E-state index >= 15 is 4.39 Å². The molecule has 13 nitrogen and oxygen atoms in total. The summed E-state index contributed by atoms with van der Waals surface area (Å²) in [5, 5.41) is 8.63. The van der Waals surface area contributed by atoms with Crippen LogP contribution in [-0.2, 0) is 9.63 Å². The van der Waals surface area contributed by atoms with Crippen molar-refractivity contribution in [3.63, 3.8) is 0 Å². The van der Waals surface area contributed by atoms with Gasteiger partial charge in [-0.2, -0.15) is 5.10 Å². The summed E-state index contributed by atoms with van der Waals surface area (Å²) < 4.78 is 22.9. The minimum absolute atomic E-state index is 0.109. The van der Waals surface area contributed by atoms with Crippen molar-refractivity contribution in [1.82, 2.24) is 29.5 Å². The normalized spacial score (nSPS) is 19.1. The number of carbonyl (C=O) groups excluding carboxylic acids is 2. The minimum atomic E-state index is -0.880. The van der Waals surface area contributed by atoms with Crippen LogP contribution in [0.1, 0.15) is 38.6 Å². The number of nitrogens with one attached hydrogen (secondary N) is 1. The molecule has 1 saturated carbocycles. The third kappa shape index (κ3) is 6.44. The molecule has 0 unspecified atom stereocenters. The number of carbonyl (C=O) groups is 2. The Bertz CT molecular complexity index is 1730. The Morgan fingerprint density at radius 2 is 1.76 bits per heavy atom. The Morgan fingerprint density at radius 1 is 1.02 bits per heavy atom. The first-order valence-corrected chi connectivity index (χ1v) is 15.4. The molecular formula is C32H38FN9O4. The molecule has 0 spiro atoms. The Labute approximate surface area is 266 Å². The van der Waals surface area contributed by atoms with Crippen LogP contribution in [0.15, 0.2) is 48.8 Å². The predicted octanol–water partition coefficient (Wildman–Crippen LogP) is 4.47. The molecule has 0 radical (unpaired) electrons. The number of urea groups is 1. The fourth-order valence-corrected chi connectivity index (χ4v) is 6.33. The summed E-state index contributed by atoms with van der Waals surface area (Å²) in [6.45, 7) is 5.47. The van der Waals surface area contributed by atoms with Gasteiger partial charge in [0.2, 0.25) is 0 Å². The third-order valence-corrected chi connectivity index (χ3v) is 8.75. The first kappa shape index (κ1) is 31.2. The lowest BCUT2D eigenvalue weighted by Gasteiger charge is -2.41. The van der Waals surface area contributed by atoms with E-state index in [0.717, 1.165) is 58.8 Å². The van der Waals surface area contributed by atoms with Gasteiger partial charge < -0.3 is 25.5 Å². The molecule has 242 valence electrons. The van der Waals surface area contributed by atoms with E-state index < -0.39 is 17.8 Å². The van der Waals surface area contributed by atoms with E-state index in [4.69, 9.17) is 20.4 Å². The molecule has 3 heterocycles. The van der Waals surface area contributed by atoms with Crippen LogP contribution in [0.2, 0.25) is 0 Å². The van der Waals surface area contributed by atoms with Gasteiger partial charge in [-0.05, 0) is 57.0 Å². The molecule has 3 N–H and O–H groups in total. The predicted molar refractivity (Wildman–Crippen MR) is 172 cm³/mol. The van der Waals surface area contributed by atoms with Crippen LogP contribution in [0.3, 0.4) is 0 Å². The number of ether oxygens (including phenoxy) is 1. The number of nitrogens with zero attached hydrogens (tertiary/aromatic N) is 7. The standard InChI is InChI=1S/C32H38FN9O4/c1-20(43)46-42(32(44)37-22-5-4-6-25(18-22)45-3)27-12-7-21(17-26(27)33)29-28-30(34)35-19-36-31(28)41(38-29)24-10-8-23(9-11-24)40-15-13-39(2)14-16-40/h4-7,12,17-19,23-24H,8-11,13-16H2,1-3H3,(H,37,44)(H2,34,35,36). The highest BCUT2D eigenvalue weighted by Crippen LogP contribution is 2.38. The van der Waals surface area contributed by atoms with Crippen molar-refractivity contribution in [2.75, 3.05) is 56.5 Å². The van der Waals surface area contributed by atoms with E-state index in [1.165, 1.54) is 25.6 Å². The van der Waals surface area contributed by atoms with Crippen LogP contribution < -0.4 is 20.9 Å². The largest absolute Gasteiger partial charge is 0.497 e. The second-order valence-corrected chi connectivity index (χ2v) is 11.8. The average molecular weight is 632 g/mol. The van der Waals surface area contributed by atoms with Gasteiger partial charge >= 0.3 is 12.0 Å². The molecule has 2 aliphatic rings. The molecule has 2 fully saturated rings. The number of likely N-dealkylation sites (N-methyl/N-ethyl adjacent to an activating group) is 1. The highest BCUT2D eigenvalue weighted by atomic mass is 19.1. The van der Waals surface area contributed by atoms with E-state index in [-0.39, 0.29) is 17.5 Å². The van der Waals surface area contributed by atoms with Crippen molar-refractivity contribution in [3.05, 3.63) is 54.6 Å². The maximum atomic E-state index is 15.8. The van der Waals surface area contributed by atoms with E-state index in [2.05, 4.69) is 32.1 Å². The number of piperazine rings is 1. The summed E-state index contributed by atoms with van der Waals surface area (Å²) in [6.07, 6.45) is 5.39. The maximum absolute atomic E-state index is 15.8. The molecule has 4 aromatic rings. The first-order chi connectivity index (χ1) is 22.2. The van der Waals surface area contributed by atoms with E-state index in [0.29, 0.717) is 44.8 Å². The Kier molecular flexibility index (Phi) is 8.99. The second kappa shape index (κ2) is 13.3. The van der Waals surface area contributed by atoms with E-state index in [9.17, 15) is 9.59 Å². The lowest BCUT2D eigenvalue weighted by molar-refractivity contribution is -0.141. The van der Waals surface area contributed by atoms with Crippen LogP contribution in [0.4, 0.5) is 26.4 Å². The summed E-state index contributed by atoms with van der Waals surface area (Å²) >= 11 is 0. The highest BCUT2D eigenvalue weighted by Gasteiger charge is 2.31. The number of halogens is 1. The molecule has 2 amide bonds. The minimum Gasteiger partial charge on any atom is -0.497 e. The molecule has 46 heavy (non-hydrogen) atoms. The van der Waals surface area contributed by atoms with Crippen LogP contribution in [0.25, 0.3) is 22.3 Å². The number of hydrogen-bond donors (Lipinski definition) is 2. The molecule has 1 aliphatic heterocycles. The summed E-state index contributed by atoms with van der Waals surface area (Å²) in [7, 11) is 3.66. The smallest absolute Gasteiger partial charge is 0.360 e. The van der Waals surface area contributed by atoms with Gasteiger partial charge in [-0.1, -0.05) is 12.1 Å². The fraction of sp³-hybridized carbons (Fsp3) is 0.406. The van der Waals surface area contributed by atoms with E-state index in [1.54, 1.807) is 30.3 Å². The SMILES string of the molecule is COc1cccc(NC(=O)N(OC(C)=O)c2ccc(-c3nn(C4CCC(N5CCN(C)CC5)CC4)c4ncnc(N)c34)cc2F)c1. The van der Waals surface area contributed by atoms with Crippen LogP contribution in [-0.4, -0.2) is 87.9 Å². The van der Waals surface area contributed by atoms with Crippen LogP contribution >= 0.6 is 0 Å². The lowest BCUT2D eigenvalue weighted by atomic mass is 9.90. The van der Waals surface area contributed by atoms with Gasteiger partial charge in [0.05, 0.1) is 18.5 Å². The van der Waals surface area contributed by atoms with Crippen molar-refractivity contribution in [1.29, 1.82) is 0 Å². The summed E-state index contributed by atoms with van der Waals surface area (Å²) in [4.78, 5) is 43.9. The Morgan fingerprint density at radius 3 is 2.46 bits per heavy atom. The summed E-state index contributed by atoms with van der Waals surface area (Å²) in [6, 6.07) is 10.5. The number of rotatable bonds is 6. The van der Waals surface area contributed by atoms with Gasteiger partial charge in [-0.25, -0.2) is 28.6 Å². The van der Waals surface area contributed by atoms with Gasteiger partial charge in [0.1, 0.15) is 29.3 Å².